The van der Waals surface area contributed by atoms with Gasteiger partial charge in [0.05, 0.1) is 0 Å². The van der Waals surface area contributed by atoms with Crippen LogP contribution in [0.15, 0.2) is 24.3 Å². The predicted octanol–water partition coefficient (Wildman–Crippen LogP) is 4.60. The molecule has 1 rings (SSSR count). The van der Waals surface area contributed by atoms with E-state index in [1.165, 1.54) is 0 Å². The molecule has 1 aromatic rings. The standard InChI is InChI=1S/C20H28O2Si/c1-9-20(10-2,22-23(7,8)19(4,5)6)16(3)15-17-11-13-18(21)14-12-17/h1-2,11-14,16,21H,15H2,3-8H3. The van der Waals surface area contributed by atoms with Crippen LogP contribution in [0.5, 0.6) is 5.75 Å². The van der Waals surface area contributed by atoms with Crippen LogP contribution in [0.1, 0.15) is 33.3 Å². The van der Waals surface area contributed by atoms with Crippen molar-refractivity contribution in [3.05, 3.63) is 29.8 Å². The molecular formula is C20H28O2Si. The first-order valence-electron chi connectivity index (χ1n) is 7.91. The SMILES string of the molecule is C#CC(C#C)(O[Si](C)(C)C(C)(C)C)C(C)Cc1ccc(O)cc1. The highest BCUT2D eigenvalue weighted by atomic mass is 28.4. The van der Waals surface area contributed by atoms with Gasteiger partial charge in [0.2, 0.25) is 0 Å². The molecular weight excluding hydrogens is 300 g/mol. The van der Waals surface area contributed by atoms with Gasteiger partial charge in [0.1, 0.15) is 5.75 Å². The van der Waals surface area contributed by atoms with Gasteiger partial charge >= 0.3 is 0 Å². The van der Waals surface area contributed by atoms with Crippen LogP contribution in [-0.2, 0) is 10.8 Å². The van der Waals surface area contributed by atoms with Gasteiger partial charge in [0, 0.05) is 5.92 Å². The van der Waals surface area contributed by atoms with E-state index in [2.05, 4.69) is 45.7 Å². The van der Waals surface area contributed by atoms with E-state index in [1.54, 1.807) is 12.1 Å². The van der Waals surface area contributed by atoms with Gasteiger partial charge in [-0.3, -0.25) is 0 Å². The summed E-state index contributed by atoms with van der Waals surface area (Å²) in [5.74, 6) is 5.72. The van der Waals surface area contributed by atoms with Gasteiger partial charge in [0.25, 0.3) is 0 Å². The average molecular weight is 329 g/mol. The Morgan fingerprint density at radius 1 is 1.13 bits per heavy atom. The normalized spacial score (nSPS) is 13.9. The van der Waals surface area contributed by atoms with Gasteiger partial charge in [-0.1, -0.05) is 51.7 Å². The fourth-order valence-corrected chi connectivity index (χ4v) is 3.60. The lowest BCUT2D eigenvalue weighted by molar-refractivity contribution is 0.113. The number of benzene rings is 1. The third kappa shape index (κ3) is 4.41. The van der Waals surface area contributed by atoms with Crippen LogP contribution in [0, 0.1) is 30.6 Å². The first-order chi connectivity index (χ1) is 10.5. The zero-order chi connectivity index (χ0) is 17.9. The van der Waals surface area contributed by atoms with Crippen molar-refractivity contribution in [1.82, 2.24) is 0 Å². The van der Waals surface area contributed by atoms with Crippen LogP contribution in [0.3, 0.4) is 0 Å². The lowest BCUT2D eigenvalue weighted by Gasteiger charge is -2.43. The number of phenolic OH excluding ortho intramolecular Hbond substituents is 1. The average Bonchev–Trinajstić information content (AvgIpc) is 2.46. The molecule has 23 heavy (non-hydrogen) atoms. The summed E-state index contributed by atoms with van der Waals surface area (Å²) < 4.78 is 6.46. The molecule has 0 saturated carbocycles. The van der Waals surface area contributed by atoms with Crippen LogP contribution in [0.25, 0.3) is 0 Å². The number of hydrogen-bond acceptors (Lipinski definition) is 2. The van der Waals surface area contributed by atoms with E-state index in [9.17, 15) is 5.11 Å². The molecule has 0 fully saturated rings. The first kappa shape index (κ1) is 19.4. The molecule has 1 aromatic carbocycles. The van der Waals surface area contributed by atoms with E-state index in [0.29, 0.717) is 6.42 Å². The molecule has 0 spiro atoms. The maximum atomic E-state index is 9.40. The quantitative estimate of drug-likeness (QED) is 0.632. The maximum Gasteiger partial charge on any atom is 0.195 e. The number of aromatic hydroxyl groups is 1. The Morgan fingerprint density at radius 3 is 2.00 bits per heavy atom. The molecule has 0 aliphatic rings. The molecule has 0 aromatic heterocycles. The van der Waals surface area contributed by atoms with Crippen LogP contribution >= 0.6 is 0 Å². The topological polar surface area (TPSA) is 29.5 Å². The molecule has 0 amide bonds. The van der Waals surface area contributed by atoms with Crippen molar-refractivity contribution < 1.29 is 9.53 Å². The second kappa shape index (κ2) is 6.83. The van der Waals surface area contributed by atoms with E-state index < -0.39 is 13.9 Å². The van der Waals surface area contributed by atoms with Crippen LogP contribution in [-0.4, -0.2) is 19.0 Å². The summed E-state index contributed by atoms with van der Waals surface area (Å²) in [5, 5.41) is 9.43. The van der Waals surface area contributed by atoms with Crippen molar-refractivity contribution in [2.24, 2.45) is 5.92 Å². The fourth-order valence-electron chi connectivity index (χ4n) is 2.17. The largest absolute Gasteiger partial charge is 0.508 e. The Morgan fingerprint density at radius 2 is 1.61 bits per heavy atom. The van der Waals surface area contributed by atoms with E-state index in [0.717, 1.165) is 5.56 Å². The fraction of sp³-hybridized carbons (Fsp3) is 0.500. The lowest BCUT2D eigenvalue weighted by Crippen LogP contribution is -2.51. The molecule has 124 valence electrons. The zero-order valence-corrected chi connectivity index (χ0v) is 16.1. The summed E-state index contributed by atoms with van der Waals surface area (Å²) >= 11 is 0. The van der Waals surface area contributed by atoms with Crippen molar-refractivity contribution in [3.63, 3.8) is 0 Å². The molecule has 1 atom stereocenters. The van der Waals surface area contributed by atoms with Crippen molar-refractivity contribution in [1.29, 1.82) is 0 Å². The predicted molar refractivity (Wildman–Crippen MR) is 99.7 cm³/mol. The van der Waals surface area contributed by atoms with Gasteiger partial charge in [-0.15, -0.1) is 12.8 Å². The molecule has 1 unspecified atom stereocenters. The van der Waals surface area contributed by atoms with Crippen molar-refractivity contribution in [3.8, 4) is 30.4 Å². The lowest BCUT2D eigenvalue weighted by atomic mass is 9.85. The number of hydrogen-bond donors (Lipinski definition) is 1. The van der Waals surface area contributed by atoms with E-state index in [4.69, 9.17) is 17.3 Å². The summed E-state index contributed by atoms with van der Waals surface area (Å²) in [7, 11) is -2.10. The highest BCUT2D eigenvalue weighted by molar-refractivity contribution is 6.74. The van der Waals surface area contributed by atoms with Crippen molar-refractivity contribution in [2.45, 2.75) is 57.8 Å². The van der Waals surface area contributed by atoms with Gasteiger partial charge < -0.3 is 9.53 Å². The molecule has 0 radical (unpaired) electrons. The third-order valence-corrected chi connectivity index (χ3v) is 9.27. The Labute approximate surface area is 142 Å². The smallest absolute Gasteiger partial charge is 0.195 e. The Balaban J connectivity index is 3.07. The summed E-state index contributed by atoms with van der Waals surface area (Å²) in [4.78, 5) is 0. The Kier molecular flexibility index (Phi) is 5.75. The minimum Gasteiger partial charge on any atom is -0.508 e. The minimum absolute atomic E-state index is 0.0313. The van der Waals surface area contributed by atoms with Crippen LogP contribution in [0.2, 0.25) is 18.1 Å². The maximum absolute atomic E-state index is 9.40. The monoisotopic (exact) mass is 328 g/mol. The molecule has 2 nitrogen and oxygen atoms in total. The van der Waals surface area contributed by atoms with E-state index >= 15 is 0 Å². The van der Waals surface area contributed by atoms with Crippen LogP contribution < -0.4 is 0 Å². The number of terminal acetylenes is 2. The molecule has 0 bridgehead atoms. The Hall–Kier alpha value is -1.68. The highest BCUT2D eigenvalue weighted by Gasteiger charge is 2.45. The summed E-state index contributed by atoms with van der Waals surface area (Å²) in [6.45, 7) is 12.8. The Bertz CT molecular complexity index is 595. The summed E-state index contributed by atoms with van der Waals surface area (Å²) in [6, 6.07) is 7.11. The highest BCUT2D eigenvalue weighted by Crippen LogP contribution is 2.41. The zero-order valence-electron chi connectivity index (χ0n) is 15.1. The molecule has 0 heterocycles. The third-order valence-electron chi connectivity index (χ3n) is 4.82. The molecule has 3 heteroatoms. The molecule has 0 aliphatic carbocycles. The first-order valence-corrected chi connectivity index (χ1v) is 10.8. The summed E-state index contributed by atoms with van der Waals surface area (Å²) in [5.41, 5.74) is 0.0601. The van der Waals surface area contributed by atoms with Crippen molar-refractivity contribution in [2.75, 3.05) is 0 Å². The minimum atomic E-state index is -2.10. The second-order valence-electron chi connectivity index (χ2n) is 7.66. The van der Waals surface area contributed by atoms with Gasteiger partial charge in [-0.25, -0.2) is 0 Å². The number of phenols is 1. The molecule has 0 aliphatic heterocycles. The van der Waals surface area contributed by atoms with E-state index in [-0.39, 0.29) is 16.7 Å². The summed E-state index contributed by atoms with van der Waals surface area (Å²) in [6.07, 6.45) is 12.3. The number of rotatable bonds is 5. The van der Waals surface area contributed by atoms with Crippen LogP contribution in [0.4, 0.5) is 0 Å². The van der Waals surface area contributed by atoms with Crippen molar-refractivity contribution >= 4 is 8.32 Å². The second-order valence-corrected chi connectivity index (χ2v) is 12.4. The van der Waals surface area contributed by atoms with Gasteiger partial charge in [-0.05, 0) is 42.2 Å². The van der Waals surface area contributed by atoms with Gasteiger partial charge in [-0.2, -0.15) is 0 Å². The van der Waals surface area contributed by atoms with Gasteiger partial charge in [0.15, 0.2) is 13.9 Å². The van der Waals surface area contributed by atoms with E-state index in [1.807, 2.05) is 19.1 Å². The molecule has 0 saturated heterocycles. The molecule has 1 N–H and O–H groups in total.